The van der Waals surface area contributed by atoms with Gasteiger partial charge >= 0.3 is 0 Å². The Balaban J connectivity index is 1.85. The van der Waals surface area contributed by atoms with Crippen molar-refractivity contribution < 1.29 is 9.90 Å². The van der Waals surface area contributed by atoms with E-state index in [1.807, 2.05) is 6.92 Å². The molecule has 3 rings (SSSR count). The van der Waals surface area contributed by atoms with Gasteiger partial charge in [-0.25, -0.2) is 9.98 Å². The SMILES string of the molecule is Cc1cc(O)ccc1/N=C1/NC(=O)/C(=C/c2cnc(N)s2)S1. The Hall–Kier alpha value is -2.32. The van der Waals surface area contributed by atoms with Crippen LogP contribution in [0.3, 0.4) is 0 Å². The van der Waals surface area contributed by atoms with Crippen molar-refractivity contribution in [2.24, 2.45) is 4.99 Å². The number of thiazole rings is 1. The molecule has 0 aliphatic carbocycles. The van der Waals surface area contributed by atoms with Gasteiger partial charge in [-0.2, -0.15) is 0 Å². The minimum atomic E-state index is -0.202. The zero-order valence-electron chi connectivity index (χ0n) is 11.5. The molecular weight excluding hydrogens is 320 g/mol. The number of carbonyl (C=O) groups is 1. The van der Waals surface area contributed by atoms with E-state index in [2.05, 4.69) is 15.3 Å². The van der Waals surface area contributed by atoms with E-state index in [9.17, 15) is 9.90 Å². The van der Waals surface area contributed by atoms with Crippen LogP contribution in [0.15, 0.2) is 34.3 Å². The van der Waals surface area contributed by atoms with Crippen molar-refractivity contribution in [2.45, 2.75) is 6.92 Å². The normalized spacial score (nSPS) is 18.1. The first kappa shape index (κ1) is 14.6. The lowest BCUT2D eigenvalue weighted by atomic mass is 10.2. The van der Waals surface area contributed by atoms with Gasteiger partial charge in [0, 0.05) is 6.20 Å². The van der Waals surface area contributed by atoms with Crippen LogP contribution in [0.2, 0.25) is 0 Å². The fraction of sp³-hybridized carbons (Fsp3) is 0.0714. The number of nitrogen functional groups attached to an aromatic ring is 1. The number of amidine groups is 1. The summed E-state index contributed by atoms with van der Waals surface area (Å²) in [5, 5.41) is 13.1. The zero-order chi connectivity index (χ0) is 15.7. The third kappa shape index (κ3) is 3.12. The molecule has 1 aromatic heterocycles. The number of carbonyl (C=O) groups excluding carboxylic acids is 1. The molecule has 1 fully saturated rings. The number of amides is 1. The van der Waals surface area contributed by atoms with Crippen LogP contribution in [-0.4, -0.2) is 21.2 Å². The number of aliphatic imine (C=N–C) groups is 1. The van der Waals surface area contributed by atoms with Crippen LogP contribution in [0.5, 0.6) is 5.75 Å². The number of hydrogen-bond acceptors (Lipinski definition) is 7. The number of nitrogens with one attached hydrogen (secondary N) is 1. The first-order valence-corrected chi connectivity index (χ1v) is 7.95. The zero-order valence-corrected chi connectivity index (χ0v) is 13.2. The molecule has 8 heteroatoms. The van der Waals surface area contributed by atoms with Gasteiger partial charge in [0.1, 0.15) is 5.75 Å². The number of nitrogens with zero attached hydrogens (tertiary/aromatic N) is 2. The van der Waals surface area contributed by atoms with Gasteiger partial charge in [0.05, 0.1) is 15.5 Å². The van der Waals surface area contributed by atoms with E-state index >= 15 is 0 Å². The van der Waals surface area contributed by atoms with Crippen LogP contribution in [-0.2, 0) is 4.79 Å². The Bertz CT molecular complexity index is 811. The van der Waals surface area contributed by atoms with Crippen LogP contribution in [0.1, 0.15) is 10.4 Å². The predicted molar refractivity (Wildman–Crippen MR) is 90.2 cm³/mol. The fourth-order valence-corrected chi connectivity index (χ4v) is 3.38. The molecule has 2 heterocycles. The average molecular weight is 332 g/mol. The smallest absolute Gasteiger partial charge is 0.264 e. The molecule has 0 saturated carbocycles. The third-order valence-corrected chi connectivity index (χ3v) is 4.55. The van der Waals surface area contributed by atoms with Crippen molar-refractivity contribution in [3.05, 3.63) is 39.7 Å². The summed E-state index contributed by atoms with van der Waals surface area (Å²) in [6.45, 7) is 1.84. The van der Waals surface area contributed by atoms with E-state index in [1.54, 1.807) is 30.5 Å². The highest BCUT2D eigenvalue weighted by Crippen LogP contribution is 2.31. The van der Waals surface area contributed by atoms with Gasteiger partial charge in [-0.05, 0) is 48.5 Å². The number of benzene rings is 1. The second kappa shape index (κ2) is 5.82. The number of aromatic hydroxyl groups is 1. The van der Waals surface area contributed by atoms with E-state index < -0.39 is 0 Å². The van der Waals surface area contributed by atoms with Gasteiger partial charge in [0.15, 0.2) is 10.3 Å². The van der Waals surface area contributed by atoms with Crippen LogP contribution in [0.25, 0.3) is 6.08 Å². The molecule has 4 N–H and O–H groups in total. The predicted octanol–water partition coefficient (Wildman–Crippen LogP) is 2.63. The number of phenolic OH excluding ortho intramolecular Hbond substituents is 1. The highest BCUT2D eigenvalue weighted by Gasteiger charge is 2.24. The molecule has 1 aromatic carbocycles. The highest BCUT2D eigenvalue weighted by atomic mass is 32.2. The maximum absolute atomic E-state index is 12.0. The van der Waals surface area contributed by atoms with E-state index in [1.165, 1.54) is 23.1 Å². The Morgan fingerprint density at radius 3 is 2.95 bits per heavy atom. The summed E-state index contributed by atoms with van der Waals surface area (Å²) in [4.78, 5) is 21.7. The Kier molecular flexibility index (Phi) is 3.86. The van der Waals surface area contributed by atoms with Crippen molar-refractivity contribution in [3.63, 3.8) is 0 Å². The largest absolute Gasteiger partial charge is 0.508 e. The van der Waals surface area contributed by atoms with Gasteiger partial charge < -0.3 is 16.2 Å². The summed E-state index contributed by atoms with van der Waals surface area (Å²) in [5.41, 5.74) is 7.10. The Labute approximate surface area is 134 Å². The van der Waals surface area contributed by atoms with Gasteiger partial charge in [-0.1, -0.05) is 11.3 Å². The summed E-state index contributed by atoms with van der Waals surface area (Å²) in [6, 6.07) is 4.89. The number of aromatic nitrogens is 1. The van der Waals surface area contributed by atoms with E-state index in [0.29, 0.717) is 20.9 Å². The van der Waals surface area contributed by atoms with Crippen LogP contribution < -0.4 is 11.1 Å². The van der Waals surface area contributed by atoms with Crippen molar-refractivity contribution in [1.29, 1.82) is 0 Å². The average Bonchev–Trinajstić information content (AvgIpc) is 3.00. The highest BCUT2D eigenvalue weighted by molar-refractivity contribution is 8.18. The Morgan fingerprint density at radius 1 is 1.45 bits per heavy atom. The van der Waals surface area contributed by atoms with Crippen molar-refractivity contribution in [3.8, 4) is 5.75 Å². The second-order valence-electron chi connectivity index (χ2n) is 4.55. The lowest BCUT2D eigenvalue weighted by Crippen LogP contribution is -2.19. The molecule has 22 heavy (non-hydrogen) atoms. The molecule has 0 spiro atoms. The molecule has 0 bridgehead atoms. The fourth-order valence-electron chi connectivity index (χ4n) is 1.85. The first-order chi connectivity index (χ1) is 10.5. The van der Waals surface area contributed by atoms with Gasteiger partial charge in [0.25, 0.3) is 5.91 Å². The molecule has 0 radical (unpaired) electrons. The summed E-state index contributed by atoms with van der Waals surface area (Å²) in [6.07, 6.45) is 3.36. The summed E-state index contributed by atoms with van der Waals surface area (Å²) >= 11 is 2.57. The minimum absolute atomic E-state index is 0.188. The minimum Gasteiger partial charge on any atom is -0.508 e. The van der Waals surface area contributed by atoms with E-state index in [-0.39, 0.29) is 11.7 Å². The molecule has 0 unspecified atom stereocenters. The number of anilines is 1. The van der Waals surface area contributed by atoms with Crippen molar-refractivity contribution >= 4 is 51.1 Å². The van der Waals surface area contributed by atoms with E-state index in [0.717, 1.165) is 10.4 Å². The summed E-state index contributed by atoms with van der Waals surface area (Å²) in [5.74, 6) is -0.0138. The van der Waals surface area contributed by atoms with E-state index in [4.69, 9.17) is 5.73 Å². The van der Waals surface area contributed by atoms with Crippen molar-refractivity contribution in [1.82, 2.24) is 10.3 Å². The Morgan fingerprint density at radius 2 is 2.27 bits per heavy atom. The number of rotatable bonds is 2. The molecule has 1 amide bonds. The standard InChI is InChI=1S/C14H12N4O2S2/c1-7-4-8(19)2-3-10(7)17-14-18-12(20)11(22-14)5-9-6-16-13(15)21-9/h2-6,19H,1H3,(H2,15,16)(H,17,18,20)/b11-5-. The van der Waals surface area contributed by atoms with Gasteiger partial charge in [-0.3, -0.25) is 4.79 Å². The molecule has 1 aliphatic rings. The molecule has 2 aromatic rings. The number of phenols is 1. The van der Waals surface area contributed by atoms with Crippen LogP contribution >= 0.6 is 23.1 Å². The lowest BCUT2D eigenvalue weighted by Gasteiger charge is -2.01. The van der Waals surface area contributed by atoms with Gasteiger partial charge in [-0.15, -0.1) is 0 Å². The molecule has 1 saturated heterocycles. The second-order valence-corrected chi connectivity index (χ2v) is 6.68. The monoisotopic (exact) mass is 332 g/mol. The van der Waals surface area contributed by atoms with Crippen LogP contribution in [0.4, 0.5) is 10.8 Å². The molecular formula is C14H12N4O2S2. The number of nitrogens with two attached hydrogens (primary N) is 1. The van der Waals surface area contributed by atoms with Gasteiger partial charge in [0.2, 0.25) is 0 Å². The number of hydrogen-bond donors (Lipinski definition) is 3. The molecule has 1 aliphatic heterocycles. The van der Waals surface area contributed by atoms with Crippen molar-refractivity contribution in [2.75, 3.05) is 5.73 Å². The topological polar surface area (TPSA) is 101 Å². The molecule has 6 nitrogen and oxygen atoms in total. The first-order valence-electron chi connectivity index (χ1n) is 6.32. The molecule has 112 valence electrons. The van der Waals surface area contributed by atoms with Crippen LogP contribution in [0, 0.1) is 6.92 Å². The lowest BCUT2D eigenvalue weighted by molar-refractivity contribution is -0.115. The third-order valence-electron chi connectivity index (χ3n) is 2.87. The maximum atomic E-state index is 12.0. The number of aryl methyl sites for hydroxylation is 1. The quantitative estimate of drug-likeness (QED) is 0.734. The summed E-state index contributed by atoms with van der Waals surface area (Å²) in [7, 11) is 0. The summed E-state index contributed by atoms with van der Waals surface area (Å²) < 4.78 is 0. The maximum Gasteiger partial charge on any atom is 0.264 e. The molecule has 0 atom stereocenters. The number of thioether (sulfide) groups is 1.